The fraction of sp³-hybridized carbons (Fsp3) is 0.440. The van der Waals surface area contributed by atoms with Gasteiger partial charge in [-0.3, -0.25) is 4.99 Å². The molecule has 2 fully saturated rings. The Morgan fingerprint density at radius 2 is 1.75 bits per heavy atom. The van der Waals surface area contributed by atoms with Gasteiger partial charge in [-0.1, -0.05) is 42.0 Å². The molecule has 0 unspecified atom stereocenters. The minimum Gasteiger partial charge on any atom is -0.354 e. The minimum atomic E-state index is 0. The summed E-state index contributed by atoms with van der Waals surface area (Å²) >= 11 is 0. The number of benzene rings is 1. The van der Waals surface area contributed by atoms with Crippen molar-refractivity contribution in [2.45, 2.75) is 19.4 Å². The standard InChI is InChI=1S/C25H34N6.HI/c1-26-25(31-12-9-22(10-13-31)18-21-6-4-3-5-7-21)28-20-23-8-11-27-24(19-23)30-16-14-29(2)15-17-30;/h3-8,11,18-19H,9-10,12-17,20H2,1-2H3,(H,26,28);1H. The first-order valence-electron chi connectivity index (χ1n) is 11.3. The van der Waals surface area contributed by atoms with Crippen molar-refractivity contribution in [1.29, 1.82) is 0 Å². The fourth-order valence-corrected chi connectivity index (χ4v) is 4.23. The number of piperazine rings is 1. The van der Waals surface area contributed by atoms with Crippen LogP contribution in [0.5, 0.6) is 0 Å². The number of rotatable bonds is 4. The molecular formula is C25H35IN6. The predicted molar refractivity (Wildman–Crippen MR) is 145 cm³/mol. The van der Waals surface area contributed by atoms with Gasteiger partial charge in [0.15, 0.2) is 5.96 Å². The molecule has 2 saturated heterocycles. The highest BCUT2D eigenvalue weighted by atomic mass is 127. The number of pyridine rings is 1. The van der Waals surface area contributed by atoms with Crippen LogP contribution >= 0.6 is 24.0 Å². The summed E-state index contributed by atoms with van der Waals surface area (Å²) in [4.78, 5) is 16.2. The molecule has 0 saturated carbocycles. The van der Waals surface area contributed by atoms with Gasteiger partial charge < -0.3 is 20.0 Å². The lowest BCUT2D eigenvalue weighted by molar-refractivity contribution is 0.312. The van der Waals surface area contributed by atoms with Gasteiger partial charge in [0, 0.05) is 59.1 Å². The zero-order chi connectivity index (χ0) is 21.5. The normalized spacial score (nSPS) is 17.7. The van der Waals surface area contributed by atoms with Crippen LogP contribution in [0.15, 0.2) is 59.2 Å². The molecule has 2 aromatic rings. The molecule has 172 valence electrons. The van der Waals surface area contributed by atoms with Crippen LogP contribution in [0.1, 0.15) is 24.0 Å². The number of anilines is 1. The number of aliphatic imine (C=N–C) groups is 1. The average molecular weight is 547 g/mol. The molecule has 0 aliphatic carbocycles. The van der Waals surface area contributed by atoms with Crippen molar-refractivity contribution < 1.29 is 0 Å². The van der Waals surface area contributed by atoms with E-state index in [1.54, 1.807) is 0 Å². The van der Waals surface area contributed by atoms with E-state index in [9.17, 15) is 0 Å². The molecule has 0 amide bonds. The van der Waals surface area contributed by atoms with Crippen LogP contribution in [-0.2, 0) is 6.54 Å². The molecule has 0 bridgehead atoms. The molecule has 4 rings (SSSR count). The number of halogens is 1. The second kappa shape index (κ2) is 12.2. The van der Waals surface area contributed by atoms with Gasteiger partial charge in [0.05, 0.1) is 0 Å². The number of guanidine groups is 1. The number of piperidine rings is 1. The average Bonchev–Trinajstić information content (AvgIpc) is 2.82. The van der Waals surface area contributed by atoms with Crippen LogP contribution in [0.3, 0.4) is 0 Å². The molecule has 7 heteroatoms. The Kier molecular flexibility index (Phi) is 9.35. The van der Waals surface area contributed by atoms with Gasteiger partial charge in [-0.25, -0.2) is 4.98 Å². The first-order chi connectivity index (χ1) is 15.2. The lowest BCUT2D eigenvalue weighted by atomic mass is 10.0. The Balaban J connectivity index is 0.00000289. The number of likely N-dealkylation sites (N-methyl/N-ethyl adjacent to an activating group) is 1. The number of likely N-dealkylation sites (tertiary alicyclic amines) is 1. The summed E-state index contributed by atoms with van der Waals surface area (Å²) in [6.07, 6.45) is 6.43. The van der Waals surface area contributed by atoms with Crippen LogP contribution in [0.4, 0.5) is 5.82 Å². The van der Waals surface area contributed by atoms with E-state index >= 15 is 0 Å². The van der Waals surface area contributed by atoms with Crippen LogP contribution in [-0.4, -0.2) is 74.1 Å². The van der Waals surface area contributed by atoms with E-state index in [0.29, 0.717) is 0 Å². The number of nitrogens with zero attached hydrogens (tertiary/aromatic N) is 5. The third-order valence-electron chi connectivity index (χ3n) is 6.18. The molecule has 2 aliphatic rings. The van der Waals surface area contributed by atoms with Gasteiger partial charge in [0.1, 0.15) is 5.82 Å². The lowest BCUT2D eigenvalue weighted by Crippen LogP contribution is -2.45. The summed E-state index contributed by atoms with van der Waals surface area (Å²) in [6.45, 7) is 7.02. The summed E-state index contributed by atoms with van der Waals surface area (Å²) in [7, 11) is 4.05. The van der Waals surface area contributed by atoms with Gasteiger partial charge in [-0.2, -0.15) is 0 Å². The van der Waals surface area contributed by atoms with Gasteiger partial charge >= 0.3 is 0 Å². The maximum Gasteiger partial charge on any atom is 0.193 e. The molecular weight excluding hydrogens is 511 g/mol. The smallest absolute Gasteiger partial charge is 0.193 e. The number of aromatic nitrogens is 1. The highest BCUT2D eigenvalue weighted by Crippen LogP contribution is 2.20. The van der Waals surface area contributed by atoms with Crippen LogP contribution in [0.25, 0.3) is 6.08 Å². The van der Waals surface area contributed by atoms with E-state index in [4.69, 9.17) is 0 Å². The van der Waals surface area contributed by atoms with Crippen molar-refractivity contribution in [3.8, 4) is 0 Å². The van der Waals surface area contributed by atoms with E-state index in [0.717, 1.165) is 70.4 Å². The molecule has 6 nitrogen and oxygen atoms in total. The molecule has 2 aliphatic heterocycles. The monoisotopic (exact) mass is 546 g/mol. The SMILES string of the molecule is CN=C(NCc1ccnc(N2CCN(C)CC2)c1)N1CCC(=Cc2ccccc2)CC1.I. The molecule has 1 aromatic carbocycles. The zero-order valence-corrected chi connectivity index (χ0v) is 21.5. The van der Waals surface area contributed by atoms with Crippen molar-refractivity contribution in [2.75, 3.05) is 58.3 Å². The Morgan fingerprint density at radius 3 is 2.44 bits per heavy atom. The third kappa shape index (κ3) is 6.68. The Hall–Kier alpha value is -2.13. The Bertz CT molecular complexity index is 896. The van der Waals surface area contributed by atoms with Gasteiger partial charge in [-0.15, -0.1) is 24.0 Å². The van der Waals surface area contributed by atoms with Gasteiger partial charge in [0.25, 0.3) is 0 Å². The molecule has 0 spiro atoms. The van der Waals surface area contributed by atoms with Crippen molar-refractivity contribution in [2.24, 2.45) is 4.99 Å². The molecule has 1 N–H and O–H groups in total. The lowest BCUT2D eigenvalue weighted by Gasteiger charge is -2.33. The highest BCUT2D eigenvalue weighted by molar-refractivity contribution is 14.0. The highest BCUT2D eigenvalue weighted by Gasteiger charge is 2.18. The van der Waals surface area contributed by atoms with E-state index < -0.39 is 0 Å². The third-order valence-corrected chi connectivity index (χ3v) is 6.18. The van der Waals surface area contributed by atoms with Crippen LogP contribution < -0.4 is 10.2 Å². The molecule has 0 atom stereocenters. The van der Waals surface area contributed by atoms with Crippen LogP contribution in [0, 0.1) is 0 Å². The van der Waals surface area contributed by atoms with E-state index in [1.165, 1.54) is 16.7 Å². The maximum absolute atomic E-state index is 4.60. The maximum atomic E-state index is 4.60. The van der Waals surface area contributed by atoms with Crippen molar-refractivity contribution in [3.63, 3.8) is 0 Å². The molecule has 1 aromatic heterocycles. The predicted octanol–water partition coefficient (Wildman–Crippen LogP) is 3.71. The fourth-order valence-electron chi connectivity index (χ4n) is 4.23. The first kappa shape index (κ1) is 24.5. The summed E-state index contributed by atoms with van der Waals surface area (Å²) in [5.41, 5.74) is 4.05. The van der Waals surface area contributed by atoms with E-state index in [1.807, 2.05) is 13.2 Å². The largest absolute Gasteiger partial charge is 0.354 e. The quantitative estimate of drug-likeness (QED) is 0.360. The van der Waals surface area contributed by atoms with E-state index in [2.05, 4.69) is 85.6 Å². The molecule has 0 radical (unpaired) electrons. The second-order valence-corrected chi connectivity index (χ2v) is 8.41. The Labute approximate surface area is 209 Å². The summed E-state index contributed by atoms with van der Waals surface area (Å²) in [6, 6.07) is 14.9. The molecule has 3 heterocycles. The van der Waals surface area contributed by atoms with Crippen molar-refractivity contribution >= 4 is 41.8 Å². The first-order valence-corrected chi connectivity index (χ1v) is 11.3. The second-order valence-electron chi connectivity index (χ2n) is 8.41. The van der Waals surface area contributed by atoms with E-state index in [-0.39, 0.29) is 24.0 Å². The summed E-state index contributed by atoms with van der Waals surface area (Å²) in [5, 5.41) is 3.56. The molecule has 32 heavy (non-hydrogen) atoms. The minimum absolute atomic E-state index is 0. The number of nitrogens with one attached hydrogen (secondary N) is 1. The Morgan fingerprint density at radius 1 is 1.03 bits per heavy atom. The van der Waals surface area contributed by atoms with Gasteiger partial charge in [0.2, 0.25) is 0 Å². The van der Waals surface area contributed by atoms with Gasteiger partial charge in [-0.05, 0) is 43.1 Å². The topological polar surface area (TPSA) is 47.0 Å². The summed E-state index contributed by atoms with van der Waals surface area (Å²) in [5.74, 6) is 2.06. The number of hydrogen-bond acceptors (Lipinski definition) is 4. The van der Waals surface area contributed by atoms with Crippen molar-refractivity contribution in [1.82, 2.24) is 20.1 Å². The summed E-state index contributed by atoms with van der Waals surface area (Å²) < 4.78 is 0. The zero-order valence-electron chi connectivity index (χ0n) is 19.2. The van der Waals surface area contributed by atoms with Crippen LogP contribution in [0.2, 0.25) is 0 Å². The van der Waals surface area contributed by atoms with Crippen molar-refractivity contribution in [3.05, 3.63) is 65.4 Å². The number of hydrogen-bond donors (Lipinski definition) is 1.